The fraction of sp³-hybridized carbons (Fsp3) is 0.364. The van der Waals surface area contributed by atoms with Crippen LogP contribution in [0.1, 0.15) is 35.1 Å². The first kappa shape index (κ1) is 22.0. The van der Waals surface area contributed by atoms with Crippen LogP contribution in [-0.4, -0.2) is 39.1 Å². The highest BCUT2D eigenvalue weighted by Gasteiger charge is 2.66. The molecule has 1 aromatic heterocycles. The first-order chi connectivity index (χ1) is 15.2. The summed E-state index contributed by atoms with van der Waals surface area (Å²) in [7, 11) is 0. The number of amidine groups is 1. The molecule has 0 spiro atoms. The number of alkyl halides is 1. The van der Waals surface area contributed by atoms with Gasteiger partial charge >= 0.3 is 0 Å². The molecule has 3 atom stereocenters. The molecule has 10 heteroatoms. The molecule has 7 nitrogen and oxygen atoms in total. The Labute approximate surface area is 188 Å². The number of hydrogen-bond donors (Lipinski definition) is 2. The molecule has 166 valence electrons. The van der Waals surface area contributed by atoms with Crippen molar-refractivity contribution in [3.63, 3.8) is 0 Å². The highest BCUT2D eigenvalue weighted by atomic mass is 32.2. The molecule has 0 saturated heterocycles. The van der Waals surface area contributed by atoms with Crippen molar-refractivity contribution in [2.24, 2.45) is 16.6 Å². The number of rotatable bonds is 6. The summed E-state index contributed by atoms with van der Waals surface area (Å²) in [4.78, 5) is 25.5. The Morgan fingerprint density at radius 2 is 2.28 bits per heavy atom. The van der Waals surface area contributed by atoms with E-state index in [1.165, 1.54) is 36.2 Å². The van der Waals surface area contributed by atoms with Crippen LogP contribution in [0, 0.1) is 31.0 Å². The number of nitrogens with two attached hydrogens (primary N) is 1. The summed E-state index contributed by atoms with van der Waals surface area (Å²) in [6.45, 7) is 2.83. The maximum absolute atomic E-state index is 14.8. The Morgan fingerprint density at radius 3 is 2.97 bits per heavy atom. The van der Waals surface area contributed by atoms with Crippen LogP contribution < -0.4 is 15.8 Å². The third-order valence-electron chi connectivity index (χ3n) is 5.79. The third kappa shape index (κ3) is 3.77. The number of anilines is 1. The molecule has 32 heavy (non-hydrogen) atoms. The summed E-state index contributed by atoms with van der Waals surface area (Å²) in [6, 6.07) is 4.19. The molecular formula is C22H21F2N5O2S. The van der Waals surface area contributed by atoms with E-state index in [9.17, 15) is 13.6 Å². The Kier molecular flexibility index (Phi) is 5.54. The summed E-state index contributed by atoms with van der Waals surface area (Å²) in [5, 5.41) is 2.94. The van der Waals surface area contributed by atoms with Crippen LogP contribution >= 0.6 is 11.8 Å². The number of hydrogen-bond acceptors (Lipinski definition) is 7. The highest BCUT2D eigenvalue weighted by molar-refractivity contribution is 8.15. The predicted octanol–water partition coefficient (Wildman–Crippen LogP) is 3.19. The fourth-order valence-electron chi connectivity index (χ4n) is 4.12. The number of nitrogens with zero attached hydrogens (tertiary/aromatic N) is 3. The lowest BCUT2D eigenvalue weighted by atomic mass is 9.85. The molecule has 0 radical (unpaired) electrons. The topological polar surface area (TPSA) is 102 Å². The number of carbonyl (C=O) groups is 1. The van der Waals surface area contributed by atoms with E-state index in [1.54, 1.807) is 13.8 Å². The van der Waals surface area contributed by atoms with E-state index in [0.29, 0.717) is 17.8 Å². The Morgan fingerprint density at radius 1 is 1.50 bits per heavy atom. The molecule has 1 fully saturated rings. The molecule has 1 saturated carbocycles. The van der Waals surface area contributed by atoms with Crippen LogP contribution in [0.5, 0.6) is 5.88 Å². The number of nitrogens with one attached hydrogen (secondary N) is 1. The lowest BCUT2D eigenvalue weighted by Crippen LogP contribution is -2.36. The van der Waals surface area contributed by atoms with Gasteiger partial charge in [0.05, 0.1) is 22.2 Å². The first-order valence-electron chi connectivity index (χ1n) is 9.84. The first-order valence-corrected chi connectivity index (χ1v) is 10.7. The van der Waals surface area contributed by atoms with E-state index >= 15 is 0 Å². The molecule has 2 aliphatic rings. The van der Waals surface area contributed by atoms with Crippen LogP contribution in [0.2, 0.25) is 0 Å². The molecule has 2 heterocycles. The molecule has 1 aromatic carbocycles. The average molecular weight is 458 g/mol. The number of fused-ring (bicyclic) bond motifs is 1. The fourth-order valence-corrected chi connectivity index (χ4v) is 5.45. The molecule has 2 aromatic rings. The number of aliphatic imine (C=N–C) groups is 1. The van der Waals surface area contributed by atoms with Gasteiger partial charge in [0, 0.05) is 17.2 Å². The van der Waals surface area contributed by atoms with Crippen LogP contribution in [0.3, 0.4) is 0 Å². The molecule has 1 amide bonds. The van der Waals surface area contributed by atoms with Crippen LogP contribution in [0.15, 0.2) is 29.4 Å². The van der Waals surface area contributed by atoms with Gasteiger partial charge in [-0.15, -0.1) is 6.42 Å². The Balaban J connectivity index is 1.60. The van der Waals surface area contributed by atoms with E-state index < -0.39 is 28.7 Å². The second-order valence-corrected chi connectivity index (χ2v) is 9.37. The van der Waals surface area contributed by atoms with Gasteiger partial charge in [-0.05, 0) is 38.5 Å². The molecule has 0 unspecified atom stereocenters. The summed E-state index contributed by atoms with van der Waals surface area (Å²) in [6.07, 6.45) is 7.00. The zero-order chi connectivity index (χ0) is 23.1. The smallest absolute Gasteiger partial charge is 0.276 e. The second-order valence-electron chi connectivity index (χ2n) is 7.94. The van der Waals surface area contributed by atoms with Gasteiger partial charge in [0.25, 0.3) is 5.91 Å². The molecule has 4 rings (SSSR count). The molecule has 3 N–H and O–H groups in total. The number of amides is 1. The lowest BCUT2D eigenvalue weighted by molar-refractivity contribution is 0.102. The van der Waals surface area contributed by atoms with Crippen LogP contribution in [0.25, 0.3) is 0 Å². The number of ether oxygens (including phenoxy) is 1. The largest absolute Gasteiger partial charge is 0.463 e. The van der Waals surface area contributed by atoms with Gasteiger partial charge < -0.3 is 15.8 Å². The van der Waals surface area contributed by atoms with Crippen molar-refractivity contribution in [2.45, 2.75) is 30.6 Å². The van der Waals surface area contributed by atoms with Gasteiger partial charge in [-0.25, -0.2) is 18.7 Å². The number of thioether (sulfide) groups is 1. The Hall–Kier alpha value is -3.19. The SMILES string of the molecule is C#CCOc1cnc(C(=O)Nc2ccc(F)c([C@@]3(C)N=C(N)S[C@@]4(CF)C[C@H]43)c2)c(C)n1. The van der Waals surface area contributed by atoms with E-state index in [2.05, 4.69) is 26.2 Å². The van der Waals surface area contributed by atoms with Gasteiger partial charge in [-0.2, -0.15) is 0 Å². The summed E-state index contributed by atoms with van der Waals surface area (Å²) in [5.74, 6) is 1.32. The summed E-state index contributed by atoms with van der Waals surface area (Å²) >= 11 is 1.21. The van der Waals surface area contributed by atoms with E-state index in [0.717, 1.165) is 0 Å². The number of aromatic nitrogens is 2. The van der Waals surface area contributed by atoms with E-state index in [4.69, 9.17) is 16.9 Å². The number of aryl methyl sites for hydroxylation is 1. The van der Waals surface area contributed by atoms with Crippen LogP contribution in [0.4, 0.5) is 14.5 Å². The van der Waals surface area contributed by atoms with Gasteiger partial charge in [0.15, 0.2) is 11.8 Å². The highest BCUT2D eigenvalue weighted by Crippen LogP contribution is 2.66. The van der Waals surface area contributed by atoms with Crippen molar-refractivity contribution in [1.29, 1.82) is 0 Å². The van der Waals surface area contributed by atoms with Crippen molar-refractivity contribution in [2.75, 3.05) is 18.6 Å². The number of benzene rings is 1. The quantitative estimate of drug-likeness (QED) is 0.646. The summed E-state index contributed by atoms with van der Waals surface area (Å²) in [5.41, 5.74) is 5.95. The summed E-state index contributed by atoms with van der Waals surface area (Å²) < 4.78 is 33.1. The molecule has 1 aliphatic heterocycles. The monoisotopic (exact) mass is 457 g/mol. The molecule has 0 bridgehead atoms. The van der Waals surface area contributed by atoms with Crippen molar-refractivity contribution < 1.29 is 18.3 Å². The minimum atomic E-state index is -1.03. The zero-order valence-corrected chi connectivity index (χ0v) is 18.3. The van der Waals surface area contributed by atoms with Crippen molar-refractivity contribution >= 4 is 28.5 Å². The van der Waals surface area contributed by atoms with Crippen molar-refractivity contribution in [3.8, 4) is 18.2 Å². The minimum Gasteiger partial charge on any atom is -0.463 e. The molecule has 1 aliphatic carbocycles. The average Bonchev–Trinajstić information content (AvgIpc) is 3.49. The van der Waals surface area contributed by atoms with Crippen molar-refractivity contribution in [3.05, 3.63) is 47.2 Å². The lowest BCUT2D eigenvalue weighted by Gasteiger charge is -2.33. The van der Waals surface area contributed by atoms with Gasteiger partial charge in [0.1, 0.15) is 18.2 Å². The number of terminal acetylenes is 1. The van der Waals surface area contributed by atoms with E-state index in [1.807, 2.05) is 0 Å². The maximum Gasteiger partial charge on any atom is 0.276 e. The standard InChI is InChI=1S/C22H21F2N5O2S/c1-4-7-31-17-10-26-18(12(2)27-17)19(30)28-13-5-6-15(24)14(8-13)21(3)16-9-22(16,11-23)32-20(25)29-21/h1,5-6,8,10,16H,7,9,11H2,2-3H3,(H2,25,29)(H,28,30)/t16-,21+,22+/m0/s1. The van der Waals surface area contributed by atoms with Gasteiger partial charge in [-0.1, -0.05) is 17.7 Å². The molecular weight excluding hydrogens is 436 g/mol. The van der Waals surface area contributed by atoms with Gasteiger partial charge in [-0.3, -0.25) is 9.79 Å². The van der Waals surface area contributed by atoms with Crippen molar-refractivity contribution in [1.82, 2.24) is 9.97 Å². The predicted molar refractivity (Wildman–Crippen MR) is 119 cm³/mol. The minimum absolute atomic E-state index is 0.0347. The normalized spacial score (nSPS) is 25.8. The second kappa shape index (κ2) is 8.06. The number of halogens is 2. The Bertz CT molecular complexity index is 1170. The van der Waals surface area contributed by atoms with Crippen LogP contribution in [-0.2, 0) is 5.54 Å². The maximum atomic E-state index is 14.8. The third-order valence-corrected chi connectivity index (χ3v) is 7.06. The number of carbonyl (C=O) groups excluding carboxylic acids is 1. The zero-order valence-electron chi connectivity index (χ0n) is 17.5. The van der Waals surface area contributed by atoms with E-state index in [-0.39, 0.29) is 34.8 Å². The van der Waals surface area contributed by atoms with Gasteiger partial charge in [0.2, 0.25) is 5.88 Å².